The fourth-order valence-corrected chi connectivity index (χ4v) is 2.33. The molecule has 0 bridgehead atoms. The molecule has 1 aliphatic rings. The van der Waals surface area contributed by atoms with Gasteiger partial charge in [-0.25, -0.2) is 0 Å². The van der Waals surface area contributed by atoms with Crippen LogP contribution in [0.15, 0.2) is 53.0 Å². The van der Waals surface area contributed by atoms with Gasteiger partial charge in [0.1, 0.15) is 0 Å². The lowest BCUT2D eigenvalue weighted by molar-refractivity contribution is 0.296. The van der Waals surface area contributed by atoms with Crippen LogP contribution in [0, 0.1) is 0 Å². The van der Waals surface area contributed by atoms with Gasteiger partial charge in [-0.2, -0.15) is 0 Å². The van der Waals surface area contributed by atoms with Crippen molar-refractivity contribution in [1.29, 1.82) is 0 Å². The van der Waals surface area contributed by atoms with Crippen LogP contribution in [0.1, 0.15) is 38.2 Å². The molecule has 18 heavy (non-hydrogen) atoms. The molecular formula is C17H20O. The van der Waals surface area contributed by atoms with Gasteiger partial charge in [0.05, 0.1) is 7.11 Å². The highest BCUT2D eigenvalue weighted by Gasteiger charge is 2.13. The second kappa shape index (κ2) is 6.28. The first kappa shape index (κ1) is 12.7. The molecule has 1 heteroatoms. The number of methoxy groups -OCH3 is 1. The third kappa shape index (κ3) is 3.15. The Balaban J connectivity index is 2.31. The zero-order chi connectivity index (χ0) is 12.8. The monoisotopic (exact) mass is 240 g/mol. The lowest BCUT2D eigenvalue weighted by Crippen LogP contribution is -2.01. The summed E-state index contributed by atoms with van der Waals surface area (Å²) in [6.45, 7) is 2.21. The molecule has 1 nitrogen and oxygen atoms in total. The van der Waals surface area contributed by atoms with Crippen LogP contribution in [0.25, 0.3) is 6.08 Å². The highest BCUT2D eigenvalue weighted by Crippen LogP contribution is 2.29. The number of allylic oxidation sites excluding steroid dienone is 2. The van der Waals surface area contributed by atoms with E-state index in [1.54, 1.807) is 7.11 Å². The van der Waals surface area contributed by atoms with E-state index in [4.69, 9.17) is 4.74 Å². The zero-order valence-corrected chi connectivity index (χ0v) is 11.2. The number of rotatable bonds is 3. The average molecular weight is 240 g/mol. The van der Waals surface area contributed by atoms with Gasteiger partial charge in [-0.3, -0.25) is 0 Å². The Bertz CT molecular complexity index is 488. The molecule has 0 aliphatic heterocycles. The SMILES string of the molecule is COC(=C=Cc1ccccc1)C1=C(C)CCCC1. The first-order valence-corrected chi connectivity index (χ1v) is 6.56. The molecule has 0 unspecified atom stereocenters. The normalized spacial score (nSPS) is 15.0. The molecule has 0 amide bonds. The van der Waals surface area contributed by atoms with Crippen LogP contribution >= 0.6 is 0 Å². The summed E-state index contributed by atoms with van der Waals surface area (Å²) in [6, 6.07) is 10.2. The van der Waals surface area contributed by atoms with Crippen LogP contribution in [0.5, 0.6) is 0 Å². The zero-order valence-electron chi connectivity index (χ0n) is 11.2. The van der Waals surface area contributed by atoms with Crippen LogP contribution in [-0.2, 0) is 4.74 Å². The second-order valence-corrected chi connectivity index (χ2v) is 4.70. The van der Waals surface area contributed by atoms with Crippen LogP contribution in [-0.4, -0.2) is 7.11 Å². The molecule has 2 rings (SSSR count). The van der Waals surface area contributed by atoms with Crippen molar-refractivity contribution in [1.82, 2.24) is 0 Å². The summed E-state index contributed by atoms with van der Waals surface area (Å²) in [6.07, 6.45) is 6.86. The molecule has 0 aromatic heterocycles. The fraction of sp³-hybridized carbons (Fsp3) is 0.353. The molecule has 94 valence electrons. The summed E-state index contributed by atoms with van der Waals surface area (Å²) in [5, 5.41) is 0. The maximum absolute atomic E-state index is 5.50. The largest absolute Gasteiger partial charge is 0.489 e. The summed E-state index contributed by atoms with van der Waals surface area (Å²) in [4.78, 5) is 0. The fourth-order valence-electron chi connectivity index (χ4n) is 2.33. The van der Waals surface area contributed by atoms with Crippen molar-refractivity contribution in [2.24, 2.45) is 0 Å². The average Bonchev–Trinajstić information content (AvgIpc) is 2.42. The lowest BCUT2D eigenvalue weighted by atomic mass is 9.91. The van der Waals surface area contributed by atoms with E-state index < -0.39 is 0 Å². The number of benzene rings is 1. The summed E-state index contributed by atoms with van der Waals surface area (Å²) < 4.78 is 5.50. The molecule has 0 heterocycles. The van der Waals surface area contributed by atoms with Crippen molar-refractivity contribution in [2.75, 3.05) is 7.11 Å². The van der Waals surface area contributed by atoms with Crippen molar-refractivity contribution in [3.8, 4) is 0 Å². The standard InChI is InChI=1S/C17H20O/c1-14-8-6-7-11-16(14)17(18-2)13-12-15-9-4-3-5-10-15/h3-5,9-10,12H,6-8,11H2,1-2H3. The quantitative estimate of drug-likeness (QED) is 0.548. The van der Waals surface area contributed by atoms with Crippen LogP contribution in [0.2, 0.25) is 0 Å². The summed E-state index contributed by atoms with van der Waals surface area (Å²) >= 11 is 0. The molecule has 0 atom stereocenters. The van der Waals surface area contributed by atoms with Gasteiger partial charge in [-0.1, -0.05) is 41.6 Å². The molecule has 0 fully saturated rings. The smallest absolute Gasteiger partial charge is 0.164 e. The van der Waals surface area contributed by atoms with Crippen LogP contribution < -0.4 is 0 Å². The maximum Gasteiger partial charge on any atom is 0.164 e. The van der Waals surface area contributed by atoms with Gasteiger partial charge in [-0.15, -0.1) is 0 Å². The summed E-state index contributed by atoms with van der Waals surface area (Å²) in [5.41, 5.74) is 7.25. The van der Waals surface area contributed by atoms with E-state index in [9.17, 15) is 0 Å². The van der Waals surface area contributed by atoms with Crippen molar-refractivity contribution in [3.05, 3.63) is 58.5 Å². The van der Waals surface area contributed by atoms with Gasteiger partial charge in [0.15, 0.2) is 5.76 Å². The highest BCUT2D eigenvalue weighted by molar-refractivity contribution is 5.50. The molecule has 1 aliphatic carbocycles. The first-order chi connectivity index (χ1) is 8.81. The highest BCUT2D eigenvalue weighted by atomic mass is 16.5. The molecule has 1 aromatic carbocycles. The predicted molar refractivity (Wildman–Crippen MR) is 76.1 cm³/mol. The van der Waals surface area contributed by atoms with Crippen molar-refractivity contribution in [2.45, 2.75) is 32.6 Å². The minimum Gasteiger partial charge on any atom is -0.489 e. The number of hydrogen-bond acceptors (Lipinski definition) is 1. The minimum atomic E-state index is 0.899. The van der Waals surface area contributed by atoms with Gasteiger partial charge >= 0.3 is 0 Å². The van der Waals surface area contributed by atoms with Gasteiger partial charge in [-0.05, 0) is 44.2 Å². The molecule has 1 aromatic rings. The predicted octanol–water partition coefficient (Wildman–Crippen LogP) is 4.72. The van der Waals surface area contributed by atoms with E-state index in [0.717, 1.165) is 17.7 Å². The third-order valence-electron chi connectivity index (χ3n) is 3.39. The Kier molecular flexibility index (Phi) is 4.44. The molecule has 0 spiro atoms. The van der Waals surface area contributed by atoms with Crippen molar-refractivity contribution >= 4 is 6.08 Å². The Morgan fingerprint density at radius 3 is 2.56 bits per heavy atom. The number of ether oxygens (including phenoxy) is 1. The minimum absolute atomic E-state index is 0.899. The van der Waals surface area contributed by atoms with E-state index in [2.05, 4.69) is 24.8 Å². The molecular weight excluding hydrogens is 220 g/mol. The van der Waals surface area contributed by atoms with E-state index in [-0.39, 0.29) is 0 Å². The Morgan fingerprint density at radius 2 is 1.89 bits per heavy atom. The van der Waals surface area contributed by atoms with Crippen molar-refractivity contribution < 1.29 is 4.74 Å². The second-order valence-electron chi connectivity index (χ2n) is 4.70. The third-order valence-corrected chi connectivity index (χ3v) is 3.39. The topological polar surface area (TPSA) is 9.23 Å². The summed E-state index contributed by atoms with van der Waals surface area (Å²) in [5.74, 6) is 0.899. The summed E-state index contributed by atoms with van der Waals surface area (Å²) in [7, 11) is 1.73. The lowest BCUT2D eigenvalue weighted by Gasteiger charge is -2.17. The van der Waals surface area contributed by atoms with Gasteiger partial charge in [0.2, 0.25) is 0 Å². The van der Waals surface area contributed by atoms with Gasteiger partial charge < -0.3 is 4.74 Å². The van der Waals surface area contributed by atoms with Crippen LogP contribution in [0.4, 0.5) is 0 Å². The molecule has 0 saturated heterocycles. The Labute approximate surface area is 109 Å². The van der Waals surface area contributed by atoms with Gasteiger partial charge in [0.25, 0.3) is 0 Å². The van der Waals surface area contributed by atoms with Crippen LogP contribution in [0.3, 0.4) is 0 Å². The molecule has 0 radical (unpaired) electrons. The first-order valence-electron chi connectivity index (χ1n) is 6.56. The van der Waals surface area contributed by atoms with Crippen molar-refractivity contribution in [3.63, 3.8) is 0 Å². The Hall–Kier alpha value is -1.72. The van der Waals surface area contributed by atoms with E-state index in [1.807, 2.05) is 24.3 Å². The molecule has 0 saturated carbocycles. The molecule has 0 N–H and O–H groups in total. The number of hydrogen-bond donors (Lipinski definition) is 0. The van der Waals surface area contributed by atoms with Gasteiger partial charge in [0, 0.05) is 5.57 Å². The van der Waals surface area contributed by atoms with E-state index in [1.165, 1.54) is 30.4 Å². The van der Waals surface area contributed by atoms with E-state index in [0.29, 0.717) is 0 Å². The Morgan fingerprint density at radius 1 is 1.17 bits per heavy atom. The maximum atomic E-state index is 5.50. The van der Waals surface area contributed by atoms with E-state index >= 15 is 0 Å².